The van der Waals surface area contributed by atoms with E-state index in [1.54, 1.807) is 35.6 Å². The van der Waals surface area contributed by atoms with Gasteiger partial charge in [-0.25, -0.2) is 0 Å². The number of nitrogens with two attached hydrogens (primary N) is 1. The maximum absolute atomic E-state index is 11.9. The molecule has 3 rings (SSSR count). The van der Waals surface area contributed by atoms with Gasteiger partial charge in [-0.1, -0.05) is 6.07 Å². The molecule has 1 aromatic heterocycles. The Morgan fingerprint density at radius 2 is 2.10 bits per heavy atom. The van der Waals surface area contributed by atoms with Crippen LogP contribution in [0.5, 0.6) is 5.75 Å². The Labute approximate surface area is 126 Å². The second kappa shape index (κ2) is 5.85. The van der Waals surface area contributed by atoms with Gasteiger partial charge in [0.1, 0.15) is 5.75 Å². The molecule has 0 fully saturated rings. The van der Waals surface area contributed by atoms with Crippen molar-refractivity contribution >= 4 is 38.7 Å². The Bertz CT molecular complexity index is 783. The molecule has 3 aromatic rings. The number of carbonyl (C=O) groups excluding carboxylic acids is 1. The lowest BCUT2D eigenvalue weighted by molar-refractivity contribution is -0.118. The highest BCUT2D eigenvalue weighted by Gasteiger charge is 2.05. The monoisotopic (exact) mass is 298 g/mol. The molecule has 1 heterocycles. The first-order chi connectivity index (χ1) is 10.2. The molecule has 0 aliphatic carbocycles. The minimum atomic E-state index is -0.202. The van der Waals surface area contributed by atoms with Gasteiger partial charge >= 0.3 is 0 Å². The average Bonchev–Trinajstić information content (AvgIpc) is 2.93. The van der Waals surface area contributed by atoms with Gasteiger partial charge in [0, 0.05) is 22.1 Å². The third-order valence-electron chi connectivity index (χ3n) is 2.96. The van der Waals surface area contributed by atoms with E-state index >= 15 is 0 Å². The summed E-state index contributed by atoms with van der Waals surface area (Å²) < 4.78 is 6.60. The number of rotatable bonds is 4. The number of amides is 1. The summed E-state index contributed by atoms with van der Waals surface area (Å²) in [7, 11) is 0. The molecule has 5 heteroatoms. The molecule has 0 spiro atoms. The number of benzene rings is 2. The Morgan fingerprint density at radius 3 is 2.95 bits per heavy atom. The minimum absolute atomic E-state index is 0.0505. The minimum Gasteiger partial charge on any atom is -0.484 e. The van der Waals surface area contributed by atoms with Crippen molar-refractivity contribution < 1.29 is 9.53 Å². The zero-order chi connectivity index (χ0) is 14.7. The van der Waals surface area contributed by atoms with Gasteiger partial charge < -0.3 is 15.8 Å². The maximum Gasteiger partial charge on any atom is 0.262 e. The third-order valence-corrected chi connectivity index (χ3v) is 3.86. The smallest absolute Gasteiger partial charge is 0.262 e. The highest BCUT2D eigenvalue weighted by Crippen LogP contribution is 2.24. The summed E-state index contributed by atoms with van der Waals surface area (Å²) in [6, 6.07) is 14.9. The van der Waals surface area contributed by atoms with Crippen LogP contribution in [0.1, 0.15) is 0 Å². The van der Waals surface area contributed by atoms with Crippen LogP contribution < -0.4 is 15.8 Å². The van der Waals surface area contributed by atoms with Crippen LogP contribution in [-0.4, -0.2) is 12.5 Å². The highest BCUT2D eigenvalue weighted by molar-refractivity contribution is 7.17. The van der Waals surface area contributed by atoms with Gasteiger partial charge in [-0.3, -0.25) is 4.79 Å². The van der Waals surface area contributed by atoms with Crippen LogP contribution in [-0.2, 0) is 4.79 Å². The van der Waals surface area contributed by atoms with Crippen LogP contribution in [0.25, 0.3) is 10.1 Å². The largest absolute Gasteiger partial charge is 0.484 e. The number of anilines is 2. The average molecular weight is 298 g/mol. The molecule has 4 nitrogen and oxygen atoms in total. The first-order valence-corrected chi connectivity index (χ1v) is 7.34. The molecule has 3 N–H and O–H groups in total. The highest BCUT2D eigenvalue weighted by atomic mass is 32.1. The molecule has 0 aliphatic heterocycles. The second-order valence-corrected chi connectivity index (χ2v) is 5.53. The molecule has 2 aromatic carbocycles. The molecule has 0 bridgehead atoms. The molecule has 0 unspecified atom stereocenters. The van der Waals surface area contributed by atoms with Crippen LogP contribution in [0, 0.1) is 0 Å². The summed E-state index contributed by atoms with van der Waals surface area (Å²) in [5.74, 6) is 0.380. The summed E-state index contributed by atoms with van der Waals surface area (Å²) in [5.41, 5.74) is 7.02. The molecular formula is C16H14N2O2S. The van der Waals surface area contributed by atoms with Gasteiger partial charge in [-0.15, -0.1) is 11.3 Å². The van der Waals surface area contributed by atoms with Gasteiger partial charge in [-0.2, -0.15) is 0 Å². The molecule has 0 saturated heterocycles. The van der Waals surface area contributed by atoms with Gasteiger partial charge in [0.2, 0.25) is 0 Å². The van der Waals surface area contributed by atoms with Crippen molar-refractivity contribution in [1.82, 2.24) is 0 Å². The number of nitrogens with one attached hydrogen (secondary N) is 1. The molecule has 21 heavy (non-hydrogen) atoms. The summed E-state index contributed by atoms with van der Waals surface area (Å²) in [6.45, 7) is -0.0505. The predicted octanol–water partition coefficient (Wildman–Crippen LogP) is 3.50. The Balaban J connectivity index is 1.60. The number of ether oxygens (including phenoxy) is 1. The number of nitrogen functional groups attached to an aromatic ring is 1. The number of fused-ring (bicyclic) bond motifs is 1. The third kappa shape index (κ3) is 3.32. The Morgan fingerprint density at radius 1 is 1.19 bits per heavy atom. The summed E-state index contributed by atoms with van der Waals surface area (Å²) in [6.07, 6.45) is 0. The van der Waals surface area contributed by atoms with E-state index in [2.05, 4.69) is 5.32 Å². The quantitative estimate of drug-likeness (QED) is 0.725. The van der Waals surface area contributed by atoms with E-state index in [4.69, 9.17) is 10.5 Å². The van der Waals surface area contributed by atoms with Crippen molar-refractivity contribution in [3.05, 3.63) is 53.9 Å². The first-order valence-electron chi connectivity index (χ1n) is 6.46. The van der Waals surface area contributed by atoms with Gasteiger partial charge in [-0.05, 0) is 47.2 Å². The molecule has 106 valence electrons. The van der Waals surface area contributed by atoms with Gasteiger partial charge in [0.05, 0.1) is 0 Å². The first kappa shape index (κ1) is 13.5. The fraction of sp³-hybridized carbons (Fsp3) is 0.0625. The molecule has 0 radical (unpaired) electrons. The van der Waals surface area contributed by atoms with Crippen molar-refractivity contribution in [3.63, 3.8) is 0 Å². The van der Waals surface area contributed by atoms with Crippen molar-refractivity contribution in [2.75, 3.05) is 17.7 Å². The van der Waals surface area contributed by atoms with Crippen molar-refractivity contribution in [2.45, 2.75) is 0 Å². The topological polar surface area (TPSA) is 64.3 Å². The molecular weight excluding hydrogens is 284 g/mol. The van der Waals surface area contributed by atoms with Crippen LogP contribution in [0.15, 0.2) is 53.9 Å². The zero-order valence-corrected chi connectivity index (χ0v) is 12.0. The lowest BCUT2D eigenvalue weighted by atomic mass is 10.2. The van der Waals surface area contributed by atoms with Crippen molar-refractivity contribution in [3.8, 4) is 5.75 Å². The maximum atomic E-state index is 11.9. The lowest BCUT2D eigenvalue weighted by Gasteiger charge is -2.08. The van der Waals surface area contributed by atoms with Gasteiger partial charge in [0.15, 0.2) is 6.61 Å². The number of carbonyl (C=O) groups is 1. The van der Waals surface area contributed by atoms with E-state index in [1.807, 2.05) is 29.6 Å². The lowest BCUT2D eigenvalue weighted by Crippen LogP contribution is -2.20. The zero-order valence-electron chi connectivity index (χ0n) is 11.2. The van der Waals surface area contributed by atoms with Crippen molar-refractivity contribution in [1.29, 1.82) is 0 Å². The van der Waals surface area contributed by atoms with E-state index in [9.17, 15) is 4.79 Å². The summed E-state index contributed by atoms with van der Waals surface area (Å²) >= 11 is 1.67. The predicted molar refractivity (Wildman–Crippen MR) is 86.8 cm³/mol. The number of thiophene rings is 1. The summed E-state index contributed by atoms with van der Waals surface area (Å²) in [5, 5.41) is 5.97. The standard InChI is InChI=1S/C16H14N2O2S/c17-12-2-1-3-14(9-12)20-10-16(19)18-13-4-5-15-11(8-13)6-7-21-15/h1-9H,10,17H2,(H,18,19). The van der Waals surface area contributed by atoms with Crippen LogP contribution in [0.4, 0.5) is 11.4 Å². The Kier molecular flexibility index (Phi) is 3.75. The van der Waals surface area contributed by atoms with Crippen LogP contribution in [0.2, 0.25) is 0 Å². The van der Waals surface area contributed by atoms with E-state index in [-0.39, 0.29) is 12.5 Å². The molecule has 0 atom stereocenters. The SMILES string of the molecule is Nc1cccc(OCC(=O)Nc2ccc3sccc3c2)c1. The van der Waals surface area contributed by atoms with E-state index in [0.717, 1.165) is 11.1 Å². The van der Waals surface area contributed by atoms with Crippen LogP contribution >= 0.6 is 11.3 Å². The summed E-state index contributed by atoms with van der Waals surface area (Å²) in [4.78, 5) is 11.9. The fourth-order valence-corrected chi connectivity index (χ4v) is 2.77. The number of hydrogen-bond acceptors (Lipinski definition) is 4. The van der Waals surface area contributed by atoms with E-state index in [0.29, 0.717) is 11.4 Å². The van der Waals surface area contributed by atoms with E-state index < -0.39 is 0 Å². The molecule has 1 amide bonds. The normalized spacial score (nSPS) is 10.5. The molecule has 0 saturated carbocycles. The van der Waals surface area contributed by atoms with Crippen molar-refractivity contribution in [2.24, 2.45) is 0 Å². The van der Waals surface area contributed by atoms with Gasteiger partial charge in [0.25, 0.3) is 5.91 Å². The van der Waals surface area contributed by atoms with Crippen LogP contribution in [0.3, 0.4) is 0 Å². The number of hydrogen-bond donors (Lipinski definition) is 2. The molecule has 0 aliphatic rings. The second-order valence-electron chi connectivity index (χ2n) is 4.58. The Hall–Kier alpha value is -2.53. The van der Waals surface area contributed by atoms with E-state index in [1.165, 1.54) is 4.70 Å². The fourth-order valence-electron chi connectivity index (χ4n) is 1.99.